The van der Waals surface area contributed by atoms with Crippen molar-refractivity contribution in [2.45, 2.75) is 6.04 Å². The summed E-state index contributed by atoms with van der Waals surface area (Å²) in [5.74, 6) is 0. The van der Waals surface area contributed by atoms with Crippen molar-refractivity contribution >= 4 is 9.41 Å². The quantitative estimate of drug-likeness (QED) is 0.483. The predicted molar refractivity (Wildman–Crippen MR) is 26.0 cm³/mol. The van der Waals surface area contributed by atoms with Crippen LogP contribution in [0.4, 0.5) is 0 Å². The second-order valence-corrected chi connectivity index (χ2v) is 1.64. The SMILES string of the molecule is NC=CC[SiH]=O. The van der Waals surface area contributed by atoms with E-state index in [-0.39, 0.29) is 0 Å². The Labute approximate surface area is 38.9 Å². The van der Waals surface area contributed by atoms with E-state index in [2.05, 4.69) is 0 Å². The van der Waals surface area contributed by atoms with Crippen LogP contribution >= 0.6 is 0 Å². The minimum atomic E-state index is -0.633. The number of hydrogen-bond donors (Lipinski definition) is 1. The second kappa shape index (κ2) is 4.56. The molecule has 0 aromatic heterocycles. The van der Waals surface area contributed by atoms with Gasteiger partial charge >= 0.3 is 0 Å². The Morgan fingerprint density at radius 2 is 2.50 bits per heavy atom. The number of hydrogen-bond acceptors (Lipinski definition) is 2. The van der Waals surface area contributed by atoms with E-state index >= 15 is 0 Å². The summed E-state index contributed by atoms with van der Waals surface area (Å²) in [5, 5.41) is 0. The first-order valence-electron chi connectivity index (χ1n) is 1.72. The van der Waals surface area contributed by atoms with Crippen LogP contribution in [-0.2, 0) is 4.46 Å². The number of nitrogens with two attached hydrogens (primary N) is 1. The molecule has 0 aliphatic heterocycles. The third kappa shape index (κ3) is 3.56. The second-order valence-electron chi connectivity index (χ2n) is 0.831. The van der Waals surface area contributed by atoms with Crippen molar-refractivity contribution in [1.82, 2.24) is 0 Å². The predicted octanol–water partition coefficient (Wildman–Crippen LogP) is -0.341. The van der Waals surface area contributed by atoms with E-state index in [1.165, 1.54) is 6.20 Å². The Hall–Kier alpha value is -0.443. The highest BCUT2D eigenvalue weighted by Crippen LogP contribution is 1.69. The van der Waals surface area contributed by atoms with Gasteiger partial charge in [-0.25, -0.2) is 0 Å². The molecule has 0 radical (unpaired) electrons. The lowest BCUT2D eigenvalue weighted by Gasteiger charge is -1.65. The fourth-order valence-electron chi connectivity index (χ4n) is 0.134. The molecule has 0 rings (SSSR count). The zero-order valence-electron chi connectivity index (χ0n) is 3.42. The molecule has 0 atom stereocenters. The van der Waals surface area contributed by atoms with Crippen molar-refractivity contribution in [2.75, 3.05) is 0 Å². The maximum absolute atomic E-state index is 9.67. The highest BCUT2D eigenvalue weighted by Gasteiger charge is 1.66. The minimum absolute atomic E-state index is 0.633. The first-order chi connectivity index (χ1) is 2.91. The van der Waals surface area contributed by atoms with Gasteiger partial charge in [-0.05, 0) is 6.20 Å². The molecule has 0 amide bonds. The lowest BCUT2D eigenvalue weighted by atomic mass is 10.7. The van der Waals surface area contributed by atoms with E-state index in [9.17, 15) is 4.46 Å². The highest BCUT2D eigenvalue weighted by atomic mass is 28.2. The van der Waals surface area contributed by atoms with Gasteiger partial charge in [-0.3, -0.25) is 0 Å². The van der Waals surface area contributed by atoms with E-state index in [1.807, 2.05) is 0 Å². The molecule has 6 heavy (non-hydrogen) atoms. The van der Waals surface area contributed by atoms with Gasteiger partial charge in [0.15, 0.2) is 0 Å². The molecular weight excluding hydrogens is 94.1 g/mol. The highest BCUT2D eigenvalue weighted by molar-refractivity contribution is 6.17. The Balaban J connectivity index is 2.85. The van der Waals surface area contributed by atoms with E-state index in [1.54, 1.807) is 6.08 Å². The Kier molecular flexibility index (Phi) is 4.22. The molecule has 34 valence electrons. The lowest BCUT2D eigenvalue weighted by Crippen LogP contribution is -1.75. The van der Waals surface area contributed by atoms with Crippen LogP contribution in [0.15, 0.2) is 12.3 Å². The largest absolute Gasteiger partial charge is 0.405 e. The summed E-state index contributed by atoms with van der Waals surface area (Å²) in [7, 11) is -0.633. The molecule has 0 bridgehead atoms. The van der Waals surface area contributed by atoms with Gasteiger partial charge in [-0.15, -0.1) is 0 Å². The van der Waals surface area contributed by atoms with Gasteiger partial charge in [0.25, 0.3) is 9.41 Å². The molecule has 0 aromatic carbocycles. The van der Waals surface area contributed by atoms with Crippen molar-refractivity contribution in [3.8, 4) is 0 Å². The van der Waals surface area contributed by atoms with Gasteiger partial charge in [0.1, 0.15) is 0 Å². The summed E-state index contributed by atoms with van der Waals surface area (Å²) in [6.45, 7) is 0. The monoisotopic (exact) mass is 101 g/mol. The van der Waals surface area contributed by atoms with Crippen molar-refractivity contribution < 1.29 is 4.46 Å². The summed E-state index contributed by atoms with van der Waals surface area (Å²) >= 11 is 0. The van der Waals surface area contributed by atoms with Crippen LogP contribution in [0.3, 0.4) is 0 Å². The Morgan fingerprint density at radius 1 is 1.83 bits per heavy atom. The van der Waals surface area contributed by atoms with E-state index in [4.69, 9.17) is 5.73 Å². The summed E-state index contributed by atoms with van der Waals surface area (Å²) < 4.78 is 9.67. The fourth-order valence-corrected chi connectivity index (χ4v) is 0.402. The maximum Gasteiger partial charge on any atom is 0.265 e. The minimum Gasteiger partial charge on any atom is -0.405 e. The zero-order valence-corrected chi connectivity index (χ0v) is 4.58. The summed E-state index contributed by atoms with van der Waals surface area (Å²) in [5.41, 5.74) is 4.91. The molecule has 0 spiro atoms. The molecule has 0 aliphatic carbocycles. The average molecular weight is 101 g/mol. The third-order valence-corrected chi connectivity index (χ3v) is 0.833. The molecule has 0 fully saturated rings. The van der Waals surface area contributed by atoms with Gasteiger partial charge in [-0.1, -0.05) is 6.08 Å². The van der Waals surface area contributed by atoms with E-state index in [0.29, 0.717) is 6.04 Å². The molecule has 3 heteroatoms. The molecule has 0 unspecified atom stereocenters. The van der Waals surface area contributed by atoms with Crippen molar-refractivity contribution in [3.63, 3.8) is 0 Å². The smallest absolute Gasteiger partial charge is 0.265 e. The van der Waals surface area contributed by atoms with Crippen LogP contribution in [0.25, 0.3) is 0 Å². The molecule has 0 saturated heterocycles. The first kappa shape index (κ1) is 5.56. The standard InChI is InChI=1S/C3H7NOSi/c4-2-1-3-6-5/h1-2,6H,3-4H2. The first-order valence-corrected chi connectivity index (χ1v) is 3.01. The summed E-state index contributed by atoms with van der Waals surface area (Å²) in [4.78, 5) is 0. The zero-order chi connectivity index (χ0) is 4.83. The van der Waals surface area contributed by atoms with E-state index in [0.717, 1.165) is 0 Å². The number of allylic oxidation sites excluding steroid dienone is 1. The Morgan fingerprint density at radius 3 is 2.67 bits per heavy atom. The molecule has 2 nitrogen and oxygen atoms in total. The summed E-state index contributed by atoms with van der Waals surface area (Å²) in [6.07, 6.45) is 3.09. The van der Waals surface area contributed by atoms with Crippen molar-refractivity contribution in [3.05, 3.63) is 12.3 Å². The van der Waals surface area contributed by atoms with Crippen LogP contribution in [0, 0.1) is 0 Å². The lowest BCUT2D eigenvalue weighted by molar-refractivity contribution is 0.578. The molecule has 0 saturated carbocycles. The van der Waals surface area contributed by atoms with Gasteiger partial charge in [0.05, 0.1) is 0 Å². The van der Waals surface area contributed by atoms with Crippen LogP contribution in [0.5, 0.6) is 0 Å². The molecular formula is C3H7NOSi. The van der Waals surface area contributed by atoms with Crippen LogP contribution < -0.4 is 5.73 Å². The molecule has 0 aromatic rings. The van der Waals surface area contributed by atoms with Crippen LogP contribution in [0.2, 0.25) is 6.04 Å². The molecule has 0 aliphatic rings. The number of rotatable bonds is 2. The molecule has 0 heterocycles. The van der Waals surface area contributed by atoms with Gasteiger partial charge in [-0.2, -0.15) is 0 Å². The van der Waals surface area contributed by atoms with Crippen molar-refractivity contribution in [2.24, 2.45) is 5.73 Å². The maximum atomic E-state index is 9.67. The van der Waals surface area contributed by atoms with E-state index < -0.39 is 9.41 Å². The average Bonchev–Trinajstić information content (AvgIpc) is 1.61. The molecule has 2 N–H and O–H groups in total. The summed E-state index contributed by atoms with van der Waals surface area (Å²) in [6, 6.07) is 0.635. The topological polar surface area (TPSA) is 43.1 Å². The fraction of sp³-hybridized carbons (Fsp3) is 0.333. The Bertz CT molecular complexity index is 61.8. The van der Waals surface area contributed by atoms with Gasteiger partial charge < -0.3 is 10.2 Å². The van der Waals surface area contributed by atoms with Gasteiger partial charge in [0.2, 0.25) is 0 Å². The van der Waals surface area contributed by atoms with Crippen LogP contribution in [0.1, 0.15) is 0 Å². The van der Waals surface area contributed by atoms with Crippen LogP contribution in [-0.4, -0.2) is 9.41 Å². The normalized spacial score (nSPS) is 9.33. The third-order valence-electron chi connectivity index (χ3n) is 0.368. The van der Waals surface area contributed by atoms with Crippen molar-refractivity contribution in [1.29, 1.82) is 0 Å². The van der Waals surface area contributed by atoms with Gasteiger partial charge in [0, 0.05) is 6.04 Å².